The molecule has 1 aromatic rings. The number of carbonyl (C=O) groups excluding carboxylic acids is 1. The van der Waals surface area contributed by atoms with E-state index in [1.807, 2.05) is 6.92 Å². The Kier molecular flexibility index (Phi) is 5.28. The van der Waals surface area contributed by atoms with E-state index in [4.69, 9.17) is 4.98 Å². The van der Waals surface area contributed by atoms with Gasteiger partial charge >= 0.3 is 5.97 Å². The second-order valence-electron chi connectivity index (χ2n) is 8.00. The number of carboxylic acids is 1. The molecule has 1 amide bonds. The van der Waals surface area contributed by atoms with Crippen molar-refractivity contribution in [3.05, 3.63) is 21.7 Å². The Morgan fingerprint density at radius 2 is 2.18 bits per heavy atom. The van der Waals surface area contributed by atoms with Crippen LogP contribution in [0.2, 0.25) is 0 Å². The zero-order chi connectivity index (χ0) is 20.2. The van der Waals surface area contributed by atoms with Gasteiger partial charge in [0, 0.05) is 34.7 Å². The summed E-state index contributed by atoms with van der Waals surface area (Å²) in [5, 5.41) is 25.2. The number of hydrogen-bond acceptors (Lipinski definition) is 7. The number of thiazole rings is 1. The lowest BCUT2D eigenvalue weighted by atomic mass is 9.79. The fourth-order valence-electron chi connectivity index (χ4n) is 4.51. The van der Waals surface area contributed by atoms with Crippen LogP contribution in [-0.2, 0) is 9.59 Å². The zero-order valence-corrected chi connectivity index (χ0v) is 17.7. The van der Waals surface area contributed by atoms with Gasteiger partial charge in [0.2, 0.25) is 5.91 Å². The van der Waals surface area contributed by atoms with Gasteiger partial charge in [0.05, 0.1) is 23.8 Å². The maximum absolute atomic E-state index is 12.4. The summed E-state index contributed by atoms with van der Waals surface area (Å²) in [4.78, 5) is 31.1. The van der Waals surface area contributed by atoms with Gasteiger partial charge in [-0.3, -0.25) is 4.79 Å². The molecule has 3 unspecified atom stereocenters. The number of rotatable bonds is 5. The number of aliphatic hydroxyl groups is 1. The van der Waals surface area contributed by atoms with E-state index < -0.39 is 18.0 Å². The molecule has 4 heterocycles. The van der Waals surface area contributed by atoms with Crippen molar-refractivity contribution in [1.82, 2.24) is 15.2 Å². The molecule has 4 rings (SSSR count). The number of nitrogens with one attached hydrogen (secondary N) is 1. The minimum Gasteiger partial charge on any atom is -0.477 e. The third-order valence-corrected chi connectivity index (χ3v) is 8.33. The van der Waals surface area contributed by atoms with Gasteiger partial charge in [-0.1, -0.05) is 18.7 Å². The highest BCUT2D eigenvalue weighted by Gasteiger charge is 2.60. The van der Waals surface area contributed by atoms with E-state index in [0.717, 1.165) is 29.4 Å². The number of nitrogens with zero attached hydrogens (tertiary/aromatic N) is 2. The highest BCUT2D eigenvalue weighted by Crippen LogP contribution is 2.52. The van der Waals surface area contributed by atoms with Crippen molar-refractivity contribution in [2.75, 3.05) is 6.54 Å². The lowest BCUT2D eigenvalue weighted by Gasteiger charge is -2.46. The predicted molar refractivity (Wildman–Crippen MR) is 107 cm³/mol. The maximum atomic E-state index is 12.4. The minimum atomic E-state index is -1.10. The Hall–Kier alpha value is -1.42. The highest BCUT2D eigenvalue weighted by atomic mass is 32.2. The second-order valence-corrected chi connectivity index (χ2v) is 10.1. The molecule has 28 heavy (non-hydrogen) atoms. The lowest BCUT2D eigenvalue weighted by Crippen LogP contribution is -2.63. The van der Waals surface area contributed by atoms with Crippen LogP contribution in [0.4, 0.5) is 0 Å². The van der Waals surface area contributed by atoms with E-state index >= 15 is 0 Å². The van der Waals surface area contributed by atoms with Gasteiger partial charge in [0.1, 0.15) is 5.70 Å². The smallest absolute Gasteiger partial charge is 0.353 e. The Morgan fingerprint density at radius 3 is 2.79 bits per heavy atom. The summed E-state index contributed by atoms with van der Waals surface area (Å²) in [5.41, 5.74) is 1.10. The van der Waals surface area contributed by atoms with Crippen LogP contribution in [0.1, 0.15) is 45.2 Å². The van der Waals surface area contributed by atoms with Crippen LogP contribution >= 0.6 is 23.1 Å². The summed E-state index contributed by atoms with van der Waals surface area (Å²) in [7, 11) is 0. The zero-order valence-electron chi connectivity index (χ0n) is 16.1. The van der Waals surface area contributed by atoms with Gasteiger partial charge in [0.25, 0.3) is 0 Å². The number of hydrogen-bond donors (Lipinski definition) is 3. The molecule has 7 nitrogen and oxygen atoms in total. The molecule has 1 aromatic heterocycles. The number of β-lactam (4-membered cyclic amide) rings is 1. The fourth-order valence-corrected chi connectivity index (χ4v) is 6.68. The first kappa shape index (κ1) is 19.9. The molecule has 9 heteroatoms. The molecule has 2 fully saturated rings. The number of aromatic nitrogens is 1. The first-order valence-electron chi connectivity index (χ1n) is 9.64. The Morgan fingerprint density at radius 1 is 1.43 bits per heavy atom. The summed E-state index contributed by atoms with van der Waals surface area (Å²) >= 11 is 2.88. The molecule has 0 aliphatic carbocycles. The minimum absolute atomic E-state index is 0.0503. The molecule has 0 bridgehead atoms. The number of amides is 1. The standard InChI is InChI=1S/C19H25N3O4S2/c1-8-4-5-11(6-20-8)12-7-27-19(21-12)28-16-9(2)14-13(10(3)23)17(24)22(14)15(16)18(25)26/h7-11,13-14,20,23H,4-6H2,1-3H3,(H,25,26)/t8?,9-,10-,11?,13-,14?/m1/s1. The van der Waals surface area contributed by atoms with Crippen molar-refractivity contribution in [1.29, 1.82) is 0 Å². The molecule has 2 saturated heterocycles. The van der Waals surface area contributed by atoms with Gasteiger partial charge < -0.3 is 20.4 Å². The van der Waals surface area contributed by atoms with Crippen molar-refractivity contribution in [2.24, 2.45) is 11.8 Å². The SMILES string of the molecule is CC1CCC(c2csc(SC3=C(C(=O)O)N4C(=O)[C@H]([C@@H](C)O)C4[C@H]3C)n2)CN1. The molecule has 152 valence electrons. The van der Waals surface area contributed by atoms with Gasteiger partial charge in [-0.25, -0.2) is 9.78 Å². The molecular weight excluding hydrogens is 398 g/mol. The predicted octanol–water partition coefficient (Wildman–Crippen LogP) is 2.24. The van der Waals surface area contributed by atoms with Crippen LogP contribution < -0.4 is 5.32 Å². The Labute approximate surface area is 172 Å². The van der Waals surface area contributed by atoms with Crippen molar-refractivity contribution in [3.8, 4) is 0 Å². The number of thioether (sulfide) groups is 1. The highest BCUT2D eigenvalue weighted by molar-refractivity contribution is 8.04. The molecule has 0 radical (unpaired) electrons. The van der Waals surface area contributed by atoms with E-state index in [1.54, 1.807) is 6.92 Å². The van der Waals surface area contributed by atoms with Crippen molar-refractivity contribution in [3.63, 3.8) is 0 Å². The Balaban J connectivity index is 1.56. The van der Waals surface area contributed by atoms with Gasteiger partial charge in [0.15, 0.2) is 4.34 Å². The van der Waals surface area contributed by atoms with E-state index in [9.17, 15) is 19.8 Å². The van der Waals surface area contributed by atoms with Crippen LogP contribution in [0.5, 0.6) is 0 Å². The summed E-state index contributed by atoms with van der Waals surface area (Å²) in [6.07, 6.45) is 1.43. The van der Waals surface area contributed by atoms with Crippen molar-refractivity contribution < 1.29 is 19.8 Å². The van der Waals surface area contributed by atoms with Crippen LogP contribution in [0.3, 0.4) is 0 Å². The van der Waals surface area contributed by atoms with Crippen LogP contribution in [0, 0.1) is 11.8 Å². The average Bonchev–Trinajstić information content (AvgIpc) is 3.18. The molecule has 0 spiro atoms. The summed E-state index contributed by atoms with van der Waals surface area (Å²) in [6.45, 7) is 6.61. The van der Waals surface area contributed by atoms with Gasteiger partial charge in [-0.15, -0.1) is 11.3 Å². The van der Waals surface area contributed by atoms with E-state index in [0.29, 0.717) is 16.9 Å². The maximum Gasteiger partial charge on any atom is 0.353 e. The van der Waals surface area contributed by atoms with Crippen LogP contribution in [-0.4, -0.2) is 56.7 Å². The number of piperidine rings is 1. The van der Waals surface area contributed by atoms with E-state index in [2.05, 4.69) is 17.6 Å². The molecule has 3 aliphatic rings. The summed E-state index contributed by atoms with van der Waals surface area (Å²) in [5.74, 6) is -1.70. The number of aliphatic hydroxyl groups excluding tert-OH is 1. The fraction of sp³-hybridized carbons (Fsp3) is 0.632. The third-order valence-electron chi connectivity index (χ3n) is 6.09. The molecule has 6 atom stereocenters. The first-order chi connectivity index (χ1) is 13.3. The topological polar surface area (TPSA) is 103 Å². The number of carbonyl (C=O) groups is 2. The van der Waals surface area contributed by atoms with Crippen molar-refractivity contribution >= 4 is 35.0 Å². The monoisotopic (exact) mass is 423 g/mol. The average molecular weight is 424 g/mol. The lowest BCUT2D eigenvalue weighted by molar-refractivity contribution is -0.163. The molecule has 0 saturated carbocycles. The van der Waals surface area contributed by atoms with E-state index in [1.165, 1.54) is 28.0 Å². The van der Waals surface area contributed by atoms with Crippen molar-refractivity contribution in [2.45, 2.75) is 62.1 Å². The second kappa shape index (κ2) is 7.44. The number of fused-ring (bicyclic) bond motifs is 1. The van der Waals surface area contributed by atoms with Gasteiger partial charge in [-0.05, 0) is 26.7 Å². The molecule has 0 aromatic carbocycles. The normalized spacial score (nSPS) is 33.6. The van der Waals surface area contributed by atoms with Crippen LogP contribution in [0.15, 0.2) is 20.3 Å². The van der Waals surface area contributed by atoms with E-state index in [-0.39, 0.29) is 23.6 Å². The Bertz CT molecular complexity index is 829. The number of carboxylic acid groups (broad SMARTS) is 1. The van der Waals surface area contributed by atoms with Gasteiger partial charge in [-0.2, -0.15) is 0 Å². The summed E-state index contributed by atoms with van der Waals surface area (Å²) < 4.78 is 0.803. The summed E-state index contributed by atoms with van der Waals surface area (Å²) in [6, 6.07) is 0.250. The number of aliphatic carboxylic acids is 1. The molecule has 3 N–H and O–H groups in total. The molecular formula is C19H25N3O4S2. The quantitative estimate of drug-likeness (QED) is 0.624. The molecule has 3 aliphatic heterocycles. The third kappa shape index (κ3) is 3.18. The first-order valence-corrected chi connectivity index (χ1v) is 11.3. The largest absolute Gasteiger partial charge is 0.477 e. The van der Waals surface area contributed by atoms with Crippen LogP contribution in [0.25, 0.3) is 0 Å².